The lowest BCUT2D eigenvalue weighted by Gasteiger charge is -2.40. The summed E-state index contributed by atoms with van der Waals surface area (Å²) in [7, 11) is 0. The Labute approximate surface area is 128 Å². The fourth-order valence-electron chi connectivity index (χ4n) is 2.23. The van der Waals surface area contributed by atoms with Gasteiger partial charge in [0.15, 0.2) is 12.4 Å². The van der Waals surface area contributed by atoms with Gasteiger partial charge in [-0.05, 0) is 19.1 Å². The van der Waals surface area contributed by atoms with Gasteiger partial charge in [-0.25, -0.2) is 4.79 Å². The van der Waals surface area contributed by atoms with Crippen LogP contribution in [0.15, 0.2) is 43.0 Å². The molecule has 1 saturated heterocycles. The molecule has 6 nitrogen and oxygen atoms in total. The Hall–Kier alpha value is -1.73. The number of aliphatic hydroxyl groups is 2. The van der Waals surface area contributed by atoms with Crippen LogP contribution >= 0.6 is 0 Å². The van der Waals surface area contributed by atoms with Crippen LogP contribution in [-0.4, -0.2) is 53.5 Å². The molecule has 6 heteroatoms. The second-order valence-electron chi connectivity index (χ2n) is 5.05. The minimum Gasteiger partial charge on any atom is -0.453 e. The predicted octanol–water partition coefficient (Wildman–Crippen LogP) is 0.881. The molecule has 22 heavy (non-hydrogen) atoms. The number of carbonyl (C=O) groups is 1. The molecular formula is C16H20O6. The minimum absolute atomic E-state index is 0.176. The van der Waals surface area contributed by atoms with Crippen molar-refractivity contribution < 1.29 is 29.2 Å². The van der Waals surface area contributed by atoms with Crippen LogP contribution in [0.1, 0.15) is 17.3 Å². The first-order chi connectivity index (χ1) is 10.5. The molecular weight excluding hydrogens is 288 g/mol. The minimum atomic E-state index is -1.32. The van der Waals surface area contributed by atoms with Crippen molar-refractivity contribution in [3.8, 4) is 0 Å². The largest absolute Gasteiger partial charge is 0.453 e. The zero-order valence-electron chi connectivity index (χ0n) is 12.3. The van der Waals surface area contributed by atoms with Crippen LogP contribution in [0.4, 0.5) is 0 Å². The second-order valence-corrected chi connectivity index (χ2v) is 5.05. The van der Waals surface area contributed by atoms with Crippen molar-refractivity contribution in [2.45, 2.75) is 37.6 Å². The summed E-state index contributed by atoms with van der Waals surface area (Å²) in [6, 6.07) is 8.41. The number of carbonyl (C=O) groups excluding carboxylic acids is 1. The molecule has 1 aromatic carbocycles. The molecule has 1 aliphatic heterocycles. The molecule has 0 amide bonds. The fraction of sp³-hybridized carbons (Fsp3) is 0.438. The highest BCUT2D eigenvalue weighted by Gasteiger charge is 2.45. The predicted molar refractivity (Wildman–Crippen MR) is 78.1 cm³/mol. The van der Waals surface area contributed by atoms with Crippen LogP contribution in [0.3, 0.4) is 0 Å². The molecule has 0 aliphatic carbocycles. The first-order valence-electron chi connectivity index (χ1n) is 7.04. The number of hydrogen-bond acceptors (Lipinski definition) is 6. The molecule has 120 valence electrons. The lowest BCUT2D eigenvalue weighted by Crippen LogP contribution is -2.58. The normalized spacial score (nSPS) is 31.5. The van der Waals surface area contributed by atoms with Crippen LogP contribution in [0.25, 0.3) is 0 Å². The smallest absolute Gasteiger partial charge is 0.338 e. The average Bonchev–Trinajstić information content (AvgIpc) is 2.54. The van der Waals surface area contributed by atoms with Crippen molar-refractivity contribution >= 4 is 5.97 Å². The van der Waals surface area contributed by atoms with E-state index in [-0.39, 0.29) is 6.61 Å². The number of aliphatic hydroxyl groups excluding tert-OH is 2. The lowest BCUT2D eigenvalue weighted by atomic mass is 9.99. The highest BCUT2D eigenvalue weighted by molar-refractivity contribution is 5.89. The number of esters is 1. The van der Waals surface area contributed by atoms with Gasteiger partial charge in [0.25, 0.3) is 0 Å². The Balaban J connectivity index is 2.02. The van der Waals surface area contributed by atoms with E-state index in [1.54, 1.807) is 37.3 Å². The molecule has 1 fully saturated rings. The fourth-order valence-corrected chi connectivity index (χ4v) is 2.23. The Bertz CT molecular complexity index is 503. The van der Waals surface area contributed by atoms with E-state index < -0.39 is 36.7 Å². The maximum Gasteiger partial charge on any atom is 0.338 e. The SMILES string of the molecule is C=CCO[C@@H]1O[C@@H](C)[C@H](OC(=O)c2ccccc2)[C@@H](O)[C@H]1O. The topological polar surface area (TPSA) is 85.2 Å². The van der Waals surface area contributed by atoms with Crippen LogP contribution < -0.4 is 0 Å². The molecule has 0 radical (unpaired) electrons. The standard InChI is InChI=1S/C16H20O6/c1-3-9-20-16-13(18)12(17)14(10(2)21-16)22-15(19)11-7-5-4-6-8-11/h3-8,10,12-14,16-18H,1,9H2,2H3/t10-,12-,13+,14-,16+/m0/s1. The Morgan fingerprint density at radius 3 is 2.64 bits per heavy atom. The second kappa shape index (κ2) is 7.51. The van der Waals surface area contributed by atoms with Crippen LogP contribution in [0.2, 0.25) is 0 Å². The summed E-state index contributed by atoms with van der Waals surface area (Å²) in [6.07, 6.45) is -3.70. The van der Waals surface area contributed by atoms with Crippen molar-refractivity contribution in [3.63, 3.8) is 0 Å². The van der Waals surface area contributed by atoms with Gasteiger partial charge in [0.05, 0.1) is 18.3 Å². The van der Waals surface area contributed by atoms with Crippen LogP contribution in [0.5, 0.6) is 0 Å². The van der Waals surface area contributed by atoms with Crippen molar-refractivity contribution in [2.24, 2.45) is 0 Å². The van der Waals surface area contributed by atoms with Gasteiger partial charge in [-0.2, -0.15) is 0 Å². The molecule has 5 atom stereocenters. The van der Waals surface area contributed by atoms with E-state index in [0.29, 0.717) is 5.56 Å². The third-order valence-electron chi connectivity index (χ3n) is 3.41. The van der Waals surface area contributed by atoms with E-state index in [9.17, 15) is 15.0 Å². The third kappa shape index (κ3) is 3.72. The summed E-state index contributed by atoms with van der Waals surface area (Å²) in [5.74, 6) is -0.585. The summed E-state index contributed by atoms with van der Waals surface area (Å²) >= 11 is 0. The first-order valence-corrected chi connectivity index (χ1v) is 7.04. The van der Waals surface area contributed by atoms with Gasteiger partial charge in [-0.3, -0.25) is 0 Å². The van der Waals surface area contributed by atoms with Crippen molar-refractivity contribution in [1.29, 1.82) is 0 Å². The molecule has 0 aromatic heterocycles. The molecule has 1 aliphatic rings. The Morgan fingerprint density at radius 2 is 2.00 bits per heavy atom. The molecule has 1 aromatic rings. The van der Waals surface area contributed by atoms with Crippen LogP contribution in [-0.2, 0) is 14.2 Å². The van der Waals surface area contributed by atoms with Crippen molar-refractivity contribution in [3.05, 3.63) is 48.6 Å². The number of hydrogen-bond donors (Lipinski definition) is 2. The van der Waals surface area contributed by atoms with Gasteiger partial charge >= 0.3 is 5.97 Å². The summed E-state index contributed by atoms with van der Waals surface area (Å²) < 4.78 is 16.0. The molecule has 2 rings (SSSR count). The molecule has 0 spiro atoms. The van der Waals surface area contributed by atoms with Crippen LogP contribution in [0, 0.1) is 0 Å². The Morgan fingerprint density at radius 1 is 1.32 bits per heavy atom. The van der Waals surface area contributed by atoms with E-state index >= 15 is 0 Å². The maximum atomic E-state index is 12.0. The maximum absolute atomic E-state index is 12.0. The summed E-state index contributed by atoms with van der Waals surface area (Å²) in [6.45, 7) is 5.32. The highest BCUT2D eigenvalue weighted by Crippen LogP contribution is 2.25. The van der Waals surface area contributed by atoms with E-state index in [0.717, 1.165) is 0 Å². The van der Waals surface area contributed by atoms with E-state index in [1.807, 2.05) is 0 Å². The average molecular weight is 308 g/mol. The summed E-state index contributed by atoms with van der Waals surface area (Å²) in [5.41, 5.74) is 0.362. The monoisotopic (exact) mass is 308 g/mol. The number of ether oxygens (including phenoxy) is 3. The van der Waals surface area contributed by atoms with Crippen molar-refractivity contribution in [2.75, 3.05) is 6.61 Å². The summed E-state index contributed by atoms with van der Waals surface area (Å²) in [4.78, 5) is 12.0. The quantitative estimate of drug-likeness (QED) is 0.620. The highest BCUT2D eigenvalue weighted by atomic mass is 16.7. The molecule has 2 N–H and O–H groups in total. The Kier molecular flexibility index (Phi) is 5.68. The van der Waals surface area contributed by atoms with Gasteiger partial charge in [0.1, 0.15) is 12.2 Å². The first kappa shape index (κ1) is 16.6. The molecule has 0 bridgehead atoms. The third-order valence-corrected chi connectivity index (χ3v) is 3.41. The number of rotatable bonds is 5. The zero-order valence-corrected chi connectivity index (χ0v) is 12.3. The van der Waals surface area contributed by atoms with E-state index in [4.69, 9.17) is 14.2 Å². The molecule has 0 unspecified atom stereocenters. The van der Waals surface area contributed by atoms with Crippen molar-refractivity contribution in [1.82, 2.24) is 0 Å². The van der Waals surface area contributed by atoms with Gasteiger partial charge < -0.3 is 24.4 Å². The van der Waals surface area contributed by atoms with Gasteiger partial charge in [-0.1, -0.05) is 24.3 Å². The molecule has 1 heterocycles. The molecule has 0 saturated carbocycles. The lowest BCUT2D eigenvalue weighted by molar-refractivity contribution is -0.289. The van der Waals surface area contributed by atoms with Gasteiger partial charge in [0, 0.05) is 0 Å². The van der Waals surface area contributed by atoms with Gasteiger partial charge in [-0.15, -0.1) is 6.58 Å². The number of benzene rings is 1. The van der Waals surface area contributed by atoms with E-state index in [2.05, 4.69) is 6.58 Å². The van der Waals surface area contributed by atoms with E-state index in [1.165, 1.54) is 6.08 Å². The zero-order chi connectivity index (χ0) is 16.1. The van der Waals surface area contributed by atoms with Gasteiger partial charge in [0.2, 0.25) is 0 Å². The summed E-state index contributed by atoms with van der Waals surface area (Å²) in [5, 5.41) is 20.2.